The maximum absolute atomic E-state index is 12.0. The summed E-state index contributed by atoms with van der Waals surface area (Å²) in [7, 11) is 3.51. The molecule has 0 spiro atoms. The summed E-state index contributed by atoms with van der Waals surface area (Å²) in [4.78, 5) is 15.9. The highest BCUT2D eigenvalue weighted by molar-refractivity contribution is 5.93. The number of carbonyl (C=O) groups is 1. The molecule has 0 fully saturated rings. The smallest absolute Gasteiger partial charge is 0.253 e. The fraction of sp³-hybridized carbons (Fsp3) is 0.350. The largest absolute Gasteiger partial charge is 0.394 e. The van der Waals surface area contributed by atoms with Gasteiger partial charge in [-0.1, -0.05) is 36.4 Å². The van der Waals surface area contributed by atoms with Crippen LogP contribution >= 0.6 is 0 Å². The van der Waals surface area contributed by atoms with Crippen molar-refractivity contribution in [2.75, 3.05) is 27.2 Å². The van der Waals surface area contributed by atoms with E-state index in [1.165, 1.54) is 11.1 Å². The van der Waals surface area contributed by atoms with Crippen LogP contribution in [0.4, 0.5) is 0 Å². The number of fused-ring (bicyclic) bond motifs is 1. The van der Waals surface area contributed by atoms with E-state index in [1.807, 2.05) is 30.3 Å². The molecular weight excluding hydrogens is 300 g/mol. The van der Waals surface area contributed by atoms with Crippen molar-refractivity contribution in [1.29, 1.82) is 0 Å². The first-order chi connectivity index (χ1) is 11.6. The van der Waals surface area contributed by atoms with Crippen molar-refractivity contribution in [3.05, 3.63) is 70.8 Å². The minimum absolute atomic E-state index is 0.0154. The SMILES string of the molecule is CN(C)C(=O)c1ccc(CN2CCc3ccccc3C2CO)cc1. The highest BCUT2D eigenvalue weighted by Crippen LogP contribution is 2.30. The molecule has 126 valence electrons. The van der Waals surface area contributed by atoms with Crippen LogP contribution < -0.4 is 0 Å². The van der Waals surface area contributed by atoms with Gasteiger partial charge in [0, 0.05) is 32.7 Å². The zero-order chi connectivity index (χ0) is 17.1. The minimum Gasteiger partial charge on any atom is -0.394 e. The van der Waals surface area contributed by atoms with Crippen LogP contribution in [0, 0.1) is 0 Å². The number of hydrogen-bond donors (Lipinski definition) is 1. The fourth-order valence-electron chi connectivity index (χ4n) is 3.35. The van der Waals surface area contributed by atoms with E-state index in [0.717, 1.165) is 25.1 Å². The summed E-state index contributed by atoms with van der Waals surface area (Å²) in [6.07, 6.45) is 1.00. The first-order valence-corrected chi connectivity index (χ1v) is 8.33. The van der Waals surface area contributed by atoms with E-state index in [1.54, 1.807) is 19.0 Å². The summed E-state index contributed by atoms with van der Waals surface area (Å²) < 4.78 is 0. The predicted molar refractivity (Wildman–Crippen MR) is 94.8 cm³/mol. The molecule has 2 aromatic rings. The van der Waals surface area contributed by atoms with Gasteiger partial charge in [-0.05, 0) is 35.2 Å². The number of rotatable bonds is 4. The average molecular weight is 324 g/mol. The molecule has 1 heterocycles. The molecule has 2 aromatic carbocycles. The predicted octanol–water partition coefficient (Wildman–Crippen LogP) is 2.48. The summed E-state index contributed by atoms with van der Waals surface area (Å²) in [6.45, 7) is 1.82. The Labute approximate surface area is 143 Å². The first kappa shape index (κ1) is 16.7. The molecule has 0 bridgehead atoms. The van der Waals surface area contributed by atoms with Crippen LogP contribution in [0.3, 0.4) is 0 Å². The quantitative estimate of drug-likeness (QED) is 0.940. The molecule has 3 rings (SSSR count). The van der Waals surface area contributed by atoms with Crippen molar-refractivity contribution in [3.8, 4) is 0 Å². The van der Waals surface area contributed by atoms with Gasteiger partial charge in [-0.25, -0.2) is 0 Å². The van der Waals surface area contributed by atoms with Crippen LogP contribution in [0.2, 0.25) is 0 Å². The molecule has 0 aromatic heterocycles. The maximum atomic E-state index is 12.0. The van der Waals surface area contributed by atoms with E-state index in [4.69, 9.17) is 0 Å². The molecule has 0 saturated carbocycles. The summed E-state index contributed by atoms with van der Waals surface area (Å²) >= 11 is 0. The molecule has 1 aliphatic heterocycles. The number of amides is 1. The van der Waals surface area contributed by atoms with Gasteiger partial charge in [-0.2, -0.15) is 0 Å². The molecular formula is C20H24N2O2. The Hall–Kier alpha value is -2.17. The molecule has 1 unspecified atom stereocenters. The maximum Gasteiger partial charge on any atom is 0.253 e. The molecule has 1 amide bonds. The lowest BCUT2D eigenvalue weighted by Gasteiger charge is -2.36. The second-order valence-corrected chi connectivity index (χ2v) is 6.51. The van der Waals surface area contributed by atoms with Gasteiger partial charge < -0.3 is 10.0 Å². The van der Waals surface area contributed by atoms with E-state index >= 15 is 0 Å². The third kappa shape index (κ3) is 3.35. The average Bonchev–Trinajstić information content (AvgIpc) is 2.61. The lowest BCUT2D eigenvalue weighted by molar-refractivity contribution is 0.0827. The summed E-state index contributed by atoms with van der Waals surface area (Å²) in [5.41, 5.74) is 4.42. The number of nitrogens with zero attached hydrogens (tertiary/aromatic N) is 2. The van der Waals surface area contributed by atoms with Gasteiger partial charge >= 0.3 is 0 Å². The van der Waals surface area contributed by atoms with Gasteiger partial charge in [-0.15, -0.1) is 0 Å². The van der Waals surface area contributed by atoms with Crippen LogP contribution in [-0.4, -0.2) is 48.1 Å². The Morgan fingerprint density at radius 2 is 1.88 bits per heavy atom. The number of carbonyl (C=O) groups excluding carboxylic acids is 1. The summed E-state index contributed by atoms with van der Waals surface area (Å²) in [6, 6.07) is 16.2. The van der Waals surface area contributed by atoms with E-state index in [2.05, 4.69) is 23.1 Å². The number of aliphatic hydroxyl groups is 1. The molecule has 0 radical (unpaired) electrons. The molecule has 1 atom stereocenters. The lowest BCUT2D eigenvalue weighted by Crippen LogP contribution is -2.36. The zero-order valence-electron chi connectivity index (χ0n) is 14.3. The van der Waals surface area contributed by atoms with E-state index in [0.29, 0.717) is 5.56 Å². The van der Waals surface area contributed by atoms with E-state index in [-0.39, 0.29) is 18.6 Å². The molecule has 4 nitrogen and oxygen atoms in total. The highest BCUT2D eigenvalue weighted by atomic mass is 16.3. The van der Waals surface area contributed by atoms with Crippen molar-refractivity contribution in [3.63, 3.8) is 0 Å². The van der Waals surface area contributed by atoms with Crippen LogP contribution in [0.1, 0.15) is 33.1 Å². The van der Waals surface area contributed by atoms with Crippen LogP contribution in [-0.2, 0) is 13.0 Å². The Kier molecular flexibility index (Phi) is 4.97. The van der Waals surface area contributed by atoms with Gasteiger partial charge in [0.2, 0.25) is 0 Å². The van der Waals surface area contributed by atoms with Crippen LogP contribution in [0.15, 0.2) is 48.5 Å². The van der Waals surface area contributed by atoms with Gasteiger partial charge in [0.25, 0.3) is 5.91 Å². The van der Waals surface area contributed by atoms with E-state index in [9.17, 15) is 9.90 Å². The monoisotopic (exact) mass is 324 g/mol. The second kappa shape index (κ2) is 7.16. The fourth-order valence-corrected chi connectivity index (χ4v) is 3.35. The summed E-state index contributed by atoms with van der Waals surface area (Å²) in [5.74, 6) is 0.0154. The number of aliphatic hydroxyl groups excluding tert-OH is 1. The minimum atomic E-state index is 0.0154. The molecule has 0 aliphatic carbocycles. The van der Waals surface area contributed by atoms with Crippen molar-refractivity contribution in [1.82, 2.24) is 9.80 Å². The zero-order valence-corrected chi connectivity index (χ0v) is 14.3. The third-order valence-corrected chi connectivity index (χ3v) is 4.69. The summed E-state index contributed by atoms with van der Waals surface area (Å²) in [5, 5.41) is 9.87. The lowest BCUT2D eigenvalue weighted by atomic mass is 9.92. The van der Waals surface area contributed by atoms with Crippen molar-refractivity contribution >= 4 is 5.91 Å². The Morgan fingerprint density at radius 3 is 2.54 bits per heavy atom. The molecule has 1 N–H and O–H groups in total. The Balaban J connectivity index is 1.75. The van der Waals surface area contributed by atoms with Gasteiger partial charge in [0.05, 0.1) is 12.6 Å². The van der Waals surface area contributed by atoms with Gasteiger partial charge in [0.1, 0.15) is 0 Å². The number of benzene rings is 2. The molecule has 0 saturated heterocycles. The van der Waals surface area contributed by atoms with Crippen molar-refractivity contribution < 1.29 is 9.90 Å². The standard InChI is InChI=1S/C20H24N2O2/c1-21(2)20(24)17-9-7-15(8-10-17)13-22-12-11-16-5-3-4-6-18(16)19(22)14-23/h3-10,19,23H,11-14H2,1-2H3. The highest BCUT2D eigenvalue weighted by Gasteiger charge is 2.26. The molecule has 1 aliphatic rings. The van der Waals surface area contributed by atoms with Crippen molar-refractivity contribution in [2.45, 2.75) is 19.0 Å². The van der Waals surface area contributed by atoms with Crippen LogP contribution in [0.25, 0.3) is 0 Å². The van der Waals surface area contributed by atoms with E-state index < -0.39 is 0 Å². The van der Waals surface area contributed by atoms with Crippen LogP contribution in [0.5, 0.6) is 0 Å². The van der Waals surface area contributed by atoms with Crippen molar-refractivity contribution in [2.24, 2.45) is 0 Å². The third-order valence-electron chi connectivity index (χ3n) is 4.69. The van der Waals surface area contributed by atoms with Gasteiger partial charge in [0.15, 0.2) is 0 Å². The van der Waals surface area contributed by atoms with Gasteiger partial charge in [-0.3, -0.25) is 9.69 Å². The topological polar surface area (TPSA) is 43.8 Å². The first-order valence-electron chi connectivity index (χ1n) is 8.33. The normalized spacial score (nSPS) is 17.4. The second-order valence-electron chi connectivity index (χ2n) is 6.51. The number of hydrogen-bond acceptors (Lipinski definition) is 3. The molecule has 24 heavy (non-hydrogen) atoms. The Bertz CT molecular complexity index is 710. The Morgan fingerprint density at radius 1 is 1.17 bits per heavy atom. The molecule has 4 heteroatoms.